The Kier molecular flexibility index (Phi) is 12.1. The lowest BCUT2D eigenvalue weighted by Crippen LogP contribution is -2.31. The van der Waals surface area contributed by atoms with Crippen molar-refractivity contribution in [1.82, 2.24) is 0 Å². The molecule has 0 radical (unpaired) electrons. The van der Waals surface area contributed by atoms with Crippen LogP contribution in [0.15, 0.2) is 72.4 Å². The number of fused-ring (bicyclic) bond motifs is 2. The van der Waals surface area contributed by atoms with E-state index in [2.05, 4.69) is 38.7 Å². The maximum Gasteiger partial charge on any atom is 0.330 e. The molecule has 2 bridgehead atoms. The van der Waals surface area contributed by atoms with Crippen LogP contribution in [0.25, 0.3) is 0 Å². The summed E-state index contributed by atoms with van der Waals surface area (Å²) < 4.78 is 23.6. The minimum absolute atomic E-state index is 0.0319. The second-order valence-corrected chi connectivity index (χ2v) is 10.5. The number of methoxy groups -OCH3 is 1. The van der Waals surface area contributed by atoms with Crippen molar-refractivity contribution < 1.29 is 28.8 Å². The number of aliphatic hydroxyl groups excluding tert-OH is 1. The highest BCUT2D eigenvalue weighted by atomic mass is 16.6. The molecule has 0 aromatic rings. The molecule has 0 saturated carbocycles. The second kappa shape index (κ2) is 15.2. The van der Waals surface area contributed by atoms with E-state index in [1.165, 1.54) is 11.6 Å². The first-order valence-electron chi connectivity index (χ1n) is 13.5. The Balaban J connectivity index is 1.73. The fraction of sp³-hybridized carbons (Fsp3) is 0.581. The van der Waals surface area contributed by atoms with Crippen molar-refractivity contribution >= 4 is 5.97 Å². The predicted molar refractivity (Wildman–Crippen MR) is 146 cm³/mol. The molecule has 37 heavy (non-hydrogen) atoms. The van der Waals surface area contributed by atoms with Crippen LogP contribution in [0.5, 0.6) is 0 Å². The van der Waals surface area contributed by atoms with Crippen LogP contribution in [0, 0.1) is 5.92 Å². The first-order chi connectivity index (χ1) is 17.8. The second-order valence-electron chi connectivity index (χ2n) is 10.5. The smallest absolute Gasteiger partial charge is 0.330 e. The molecule has 204 valence electrons. The van der Waals surface area contributed by atoms with Crippen molar-refractivity contribution in [3.05, 3.63) is 72.4 Å². The lowest BCUT2D eigenvalue weighted by Gasteiger charge is -2.28. The molecule has 6 nitrogen and oxygen atoms in total. The molecule has 1 N–H and O–H groups in total. The van der Waals surface area contributed by atoms with E-state index >= 15 is 0 Å². The number of rotatable bonds is 4. The largest absolute Gasteiger partial charge is 0.456 e. The van der Waals surface area contributed by atoms with E-state index in [9.17, 15) is 9.90 Å². The number of hydrogen-bond acceptors (Lipinski definition) is 6. The van der Waals surface area contributed by atoms with Crippen LogP contribution in [-0.2, 0) is 23.7 Å². The van der Waals surface area contributed by atoms with Crippen LogP contribution in [0.4, 0.5) is 0 Å². The number of aliphatic hydroxyl groups is 1. The lowest BCUT2D eigenvalue weighted by molar-refractivity contribution is -0.148. The summed E-state index contributed by atoms with van der Waals surface area (Å²) in [5, 5.41) is 10.6. The third kappa shape index (κ3) is 10.6. The van der Waals surface area contributed by atoms with Crippen molar-refractivity contribution in [2.75, 3.05) is 13.7 Å². The molecule has 0 fully saturated rings. The lowest BCUT2D eigenvalue weighted by atomic mass is 9.91. The van der Waals surface area contributed by atoms with Crippen molar-refractivity contribution in [1.29, 1.82) is 0 Å². The van der Waals surface area contributed by atoms with Crippen molar-refractivity contribution in [3.8, 4) is 0 Å². The van der Waals surface area contributed by atoms with Gasteiger partial charge in [-0.05, 0) is 51.4 Å². The molecule has 7 atom stereocenters. The highest BCUT2D eigenvalue weighted by Gasteiger charge is 2.24. The standard InChI is InChI=1S/C31H44O6/c1-22-16-17-35-27(20-22)14-15-29(34-4)30-12-5-8-25(32)19-23(2)18-24(3)21-28-11-6-9-26(36-28)10-7-13-31(33)37-30/h5-9,13-16,24-30,32H,2,10-12,17-21H2,1,3-4H3/b8-5+,13-7-,15-14+/t24-,25-,26-,27+,28-,29-,30-/m0/s1. The number of ether oxygens (including phenoxy) is 4. The quantitative estimate of drug-likeness (QED) is 0.393. The SMILES string of the molecule is C=C1C[C@H](C)C[C@@H]2CC=C[C@@H](C/C=C\C(=O)O[C@H]([C@H](/C=C/[C@@H]3CC(C)=CCO3)OC)C/C=C/[C@H](O)C1)O2. The minimum atomic E-state index is -0.644. The van der Waals surface area contributed by atoms with Gasteiger partial charge in [-0.2, -0.15) is 0 Å². The van der Waals surface area contributed by atoms with E-state index in [1.807, 2.05) is 24.3 Å². The Morgan fingerprint density at radius 1 is 1.14 bits per heavy atom. The summed E-state index contributed by atoms with van der Waals surface area (Å²) in [6.07, 6.45) is 20.5. The topological polar surface area (TPSA) is 74.2 Å². The molecule has 3 aliphatic rings. The van der Waals surface area contributed by atoms with Gasteiger partial charge in [0.25, 0.3) is 0 Å². The van der Waals surface area contributed by atoms with Gasteiger partial charge in [-0.15, -0.1) is 0 Å². The third-order valence-corrected chi connectivity index (χ3v) is 6.95. The van der Waals surface area contributed by atoms with E-state index in [1.54, 1.807) is 13.2 Å². The maximum absolute atomic E-state index is 12.7. The van der Waals surface area contributed by atoms with Gasteiger partial charge in [0, 0.05) is 19.6 Å². The van der Waals surface area contributed by atoms with Gasteiger partial charge in [-0.1, -0.05) is 73.3 Å². The zero-order chi connectivity index (χ0) is 26.6. The van der Waals surface area contributed by atoms with Gasteiger partial charge in [0.15, 0.2) is 0 Å². The number of cyclic esters (lactones) is 1. The molecular weight excluding hydrogens is 468 g/mol. The highest BCUT2D eigenvalue weighted by molar-refractivity contribution is 5.82. The summed E-state index contributed by atoms with van der Waals surface area (Å²) in [6, 6.07) is 0. The van der Waals surface area contributed by atoms with Crippen LogP contribution in [-0.4, -0.2) is 61.4 Å². The Bertz CT molecular complexity index is 897. The van der Waals surface area contributed by atoms with Gasteiger partial charge in [-0.3, -0.25) is 0 Å². The first kappa shape index (κ1) is 29.3. The van der Waals surface area contributed by atoms with Crippen LogP contribution >= 0.6 is 0 Å². The van der Waals surface area contributed by atoms with Gasteiger partial charge < -0.3 is 24.1 Å². The molecule has 6 heteroatoms. The van der Waals surface area contributed by atoms with Crippen LogP contribution in [0.2, 0.25) is 0 Å². The Morgan fingerprint density at radius 3 is 2.73 bits per heavy atom. The average Bonchev–Trinajstić information content (AvgIpc) is 2.83. The zero-order valence-electron chi connectivity index (χ0n) is 22.6. The summed E-state index contributed by atoms with van der Waals surface area (Å²) in [4.78, 5) is 12.7. The fourth-order valence-electron chi connectivity index (χ4n) is 5.08. The van der Waals surface area contributed by atoms with Crippen molar-refractivity contribution in [2.45, 2.75) is 95.4 Å². The molecule has 0 aromatic heterocycles. The molecule has 0 spiro atoms. The van der Waals surface area contributed by atoms with E-state index in [0.717, 1.165) is 31.3 Å². The summed E-state index contributed by atoms with van der Waals surface area (Å²) >= 11 is 0. The molecule has 3 heterocycles. The fourth-order valence-corrected chi connectivity index (χ4v) is 5.08. The molecule has 0 aliphatic carbocycles. The van der Waals surface area contributed by atoms with Gasteiger partial charge >= 0.3 is 5.97 Å². The number of esters is 1. The van der Waals surface area contributed by atoms with E-state index in [-0.39, 0.29) is 18.3 Å². The first-order valence-corrected chi connectivity index (χ1v) is 13.5. The van der Waals surface area contributed by atoms with Crippen LogP contribution in [0.3, 0.4) is 0 Å². The van der Waals surface area contributed by atoms with Gasteiger partial charge in [0.05, 0.1) is 31.0 Å². The molecule has 0 aromatic carbocycles. The van der Waals surface area contributed by atoms with Gasteiger partial charge in [-0.25, -0.2) is 4.79 Å². The van der Waals surface area contributed by atoms with E-state index < -0.39 is 24.3 Å². The molecular formula is C31H44O6. The number of carbonyl (C=O) groups is 1. The van der Waals surface area contributed by atoms with Gasteiger partial charge in [0.1, 0.15) is 12.2 Å². The van der Waals surface area contributed by atoms with Crippen molar-refractivity contribution in [3.63, 3.8) is 0 Å². The molecule has 0 amide bonds. The third-order valence-electron chi connectivity index (χ3n) is 6.95. The monoisotopic (exact) mass is 512 g/mol. The Labute approximate surface area is 222 Å². The number of hydrogen-bond donors (Lipinski definition) is 1. The summed E-state index contributed by atoms with van der Waals surface area (Å²) in [6.45, 7) is 9.08. The van der Waals surface area contributed by atoms with Crippen molar-refractivity contribution in [2.24, 2.45) is 5.92 Å². The predicted octanol–water partition coefficient (Wildman–Crippen LogP) is 5.55. The van der Waals surface area contributed by atoms with E-state index in [0.29, 0.717) is 31.8 Å². The van der Waals surface area contributed by atoms with E-state index in [4.69, 9.17) is 18.9 Å². The normalized spacial score (nSPS) is 35.2. The minimum Gasteiger partial charge on any atom is -0.456 e. The zero-order valence-corrected chi connectivity index (χ0v) is 22.6. The van der Waals surface area contributed by atoms with Gasteiger partial charge in [0.2, 0.25) is 0 Å². The Morgan fingerprint density at radius 2 is 1.95 bits per heavy atom. The van der Waals surface area contributed by atoms with Crippen LogP contribution in [0.1, 0.15) is 58.8 Å². The highest BCUT2D eigenvalue weighted by Crippen LogP contribution is 2.26. The number of carbonyl (C=O) groups excluding carboxylic acids is 1. The molecule has 0 unspecified atom stereocenters. The Hall–Kier alpha value is -2.25. The van der Waals surface area contributed by atoms with Crippen LogP contribution < -0.4 is 0 Å². The summed E-state index contributed by atoms with van der Waals surface area (Å²) in [5.41, 5.74) is 2.31. The molecule has 3 aliphatic heterocycles. The summed E-state index contributed by atoms with van der Waals surface area (Å²) in [5.74, 6) is -0.0159. The molecule has 0 saturated heterocycles. The maximum atomic E-state index is 12.7. The summed E-state index contributed by atoms with van der Waals surface area (Å²) in [7, 11) is 1.60. The average molecular weight is 513 g/mol. The molecule has 3 rings (SSSR count).